The lowest BCUT2D eigenvalue weighted by Crippen LogP contribution is -2.22. The molecule has 3 nitrogen and oxygen atoms in total. The maximum absolute atomic E-state index is 5.46. The van der Waals surface area contributed by atoms with Crippen LogP contribution in [0.25, 0.3) is 0 Å². The first kappa shape index (κ1) is 18.0. The first-order chi connectivity index (χ1) is 10.3. The van der Waals surface area contributed by atoms with Crippen molar-refractivity contribution < 1.29 is 4.74 Å². The number of rotatable bonds is 12. The number of hydrogen-bond donors (Lipinski definition) is 1. The average molecular weight is 292 g/mol. The molecule has 1 aromatic rings. The molecule has 0 saturated carbocycles. The van der Waals surface area contributed by atoms with Crippen LogP contribution >= 0.6 is 0 Å². The number of ether oxygens (including phenoxy) is 1. The minimum atomic E-state index is 0.383. The number of nitrogens with one attached hydrogen (secondary N) is 1. The fourth-order valence-electron chi connectivity index (χ4n) is 2.66. The minimum absolute atomic E-state index is 0.383. The topological polar surface area (TPSA) is 34.2 Å². The van der Waals surface area contributed by atoms with Gasteiger partial charge in [0.25, 0.3) is 0 Å². The van der Waals surface area contributed by atoms with Crippen molar-refractivity contribution in [2.75, 3.05) is 13.7 Å². The third-order valence-corrected chi connectivity index (χ3v) is 3.90. The maximum Gasteiger partial charge on any atom is 0.141 e. The molecule has 0 fully saturated rings. The van der Waals surface area contributed by atoms with Gasteiger partial charge in [-0.3, -0.25) is 4.98 Å². The van der Waals surface area contributed by atoms with Gasteiger partial charge in [0.2, 0.25) is 0 Å². The van der Waals surface area contributed by atoms with Crippen molar-refractivity contribution >= 4 is 0 Å². The van der Waals surface area contributed by atoms with Gasteiger partial charge in [0, 0.05) is 17.8 Å². The Hall–Kier alpha value is -1.09. The number of nitrogens with zero attached hydrogens (tertiary/aromatic N) is 1. The molecule has 0 amide bonds. The van der Waals surface area contributed by atoms with Crippen molar-refractivity contribution in [3.63, 3.8) is 0 Å². The highest BCUT2D eigenvalue weighted by atomic mass is 16.5. The summed E-state index contributed by atoms with van der Waals surface area (Å²) in [5.74, 6) is 0.900. The molecule has 0 aromatic carbocycles. The van der Waals surface area contributed by atoms with E-state index in [0.717, 1.165) is 18.7 Å². The summed E-state index contributed by atoms with van der Waals surface area (Å²) in [6, 6.07) is 2.47. The van der Waals surface area contributed by atoms with Crippen molar-refractivity contribution in [2.45, 2.75) is 71.3 Å². The van der Waals surface area contributed by atoms with Crippen LogP contribution in [0.1, 0.15) is 76.8 Å². The molecule has 0 aliphatic carbocycles. The third kappa shape index (κ3) is 6.94. The van der Waals surface area contributed by atoms with E-state index in [9.17, 15) is 0 Å². The molecular weight excluding hydrogens is 260 g/mol. The van der Waals surface area contributed by atoms with Gasteiger partial charge in [-0.05, 0) is 25.5 Å². The number of unbranched alkanes of at least 4 members (excludes halogenated alkanes) is 5. The molecule has 0 bridgehead atoms. The van der Waals surface area contributed by atoms with Crippen molar-refractivity contribution in [2.24, 2.45) is 0 Å². The first-order valence-electron chi connectivity index (χ1n) is 8.54. The Morgan fingerprint density at radius 3 is 2.57 bits per heavy atom. The Labute approximate surface area is 130 Å². The van der Waals surface area contributed by atoms with Gasteiger partial charge in [0.05, 0.1) is 13.3 Å². The van der Waals surface area contributed by atoms with E-state index in [1.54, 1.807) is 7.11 Å². The van der Waals surface area contributed by atoms with Crippen molar-refractivity contribution in [1.29, 1.82) is 0 Å². The Balaban J connectivity index is 2.51. The SMILES string of the molecule is CCCCCCCCC(NCCC)c1ccncc1OC. The van der Waals surface area contributed by atoms with Gasteiger partial charge >= 0.3 is 0 Å². The van der Waals surface area contributed by atoms with Gasteiger partial charge in [-0.1, -0.05) is 52.4 Å². The van der Waals surface area contributed by atoms with E-state index >= 15 is 0 Å². The zero-order valence-electron chi connectivity index (χ0n) is 14.0. The standard InChI is InChI=1S/C18H32N2O/c1-4-6-7-8-9-10-11-17(20-13-5-2)16-12-14-19-15-18(16)21-3/h12,14-15,17,20H,4-11,13H2,1-3H3. The largest absolute Gasteiger partial charge is 0.495 e. The molecule has 1 aromatic heterocycles. The molecule has 0 aliphatic heterocycles. The van der Waals surface area contributed by atoms with Gasteiger partial charge in [-0.25, -0.2) is 0 Å². The average Bonchev–Trinajstić information content (AvgIpc) is 2.53. The summed E-state index contributed by atoms with van der Waals surface area (Å²) in [6.07, 6.45) is 14.0. The Morgan fingerprint density at radius 1 is 1.10 bits per heavy atom. The zero-order valence-corrected chi connectivity index (χ0v) is 14.0. The monoisotopic (exact) mass is 292 g/mol. The Bertz CT molecular complexity index is 368. The smallest absolute Gasteiger partial charge is 0.141 e. The van der Waals surface area contributed by atoms with Crippen LogP contribution < -0.4 is 10.1 Å². The summed E-state index contributed by atoms with van der Waals surface area (Å²) in [5.41, 5.74) is 1.24. The molecule has 1 rings (SSSR count). The van der Waals surface area contributed by atoms with Gasteiger partial charge in [0.1, 0.15) is 5.75 Å². The van der Waals surface area contributed by atoms with Gasteiger partial charge < -0.3 is 10.1 Å². The van der Waals surface area contributed by atoms with Crippen molar-refractivity contribution in [3.8, 4) is 5.75 Å². The molecule has 0 radical (unpaired) electrons. The lowest BCUT2D eigenvalue weighted by Gasteiger charge is -2.21. The number of pyridine rings is 1. The molecule has 1 atom stereocenters. The summed E-state index contributed by atoms with van der Waals surface area (Å²) in [5, 5.41) is 3.65. The van der Waals surface area contributed by atoms with E-state index in [0.29, 0.717) is 6.04 Å². The summed E-state index contributed by atoms with van der Waals surface area (Å²) in [7, 11) is 1.72. The van der Waals surface area contributed by atoms with Crippen molar-refractivity contribution in [1.82, 2.24) is 10.3 Å². The summed E-state index contributed by atoms with van der Waals surface area (Å²) >= 11 is 0. The van der Waals surface area contributed by atoms with Gasteiger partial charge in [-0.15, -0.1) is 0 Å². The summed E-state index contributed by atoms with van der Waals surface area (Å²) < 4.78 is 5.46. The van der Waals surface area contributed by atoms with Crippen LogP contribution in [0.3, 0.4) is 0 Å². The molecule has 3 heteroatoms. The van der Waals surface area contributed by atoms with E-state index in [4.69, 9.17) is 4.74 Å². The fraction of sp³-hybridized carbons (Fsp3) is 0.722. The molecule has 120 valence electrons. The predicted molar refractivity (Wildman–Crippen MR) is 89.8 cm³/mol. The molecule has 0 spiro atoms. The molecule has 0 aliphatic rings. The minimum Gasteiger partial charge on any atom is -0.495 e. The second-order valence-corrected chi connectivity index (χ2v) is 5.68. The van der Waals surface area contributed by atoms with Crippen LogP contribution in [-0.2, 0) is 0 Å². The summed E-state index contributed by atoms with van der Waals surface area (Å²) in [6.45, 7) is 5.52. The normalized spacial score (nSPS) is 12.3. The number of aromatic nitrogens is 1. The number of hydrogen-bond acceptors (Lipinski definition) is 3. The van der Waals surface area contributed by atoms with E-state index in [2.05, 4.69) is 30.2 Å². The predicted octanol–water partition coefficient (Wildman–Crippen LogP) is 4.88. The van der Waals surface area contributed by atoms with Crippen LogP contribution in [0.4, 0.5) is 0 Å². The zero-order chi connectivity index (χ0) is 15.3. The maximum atomic E-state index is 5.46. The lowest BCUT2D eigenvalue weighted by atomic mass is 9.99. The third-order valence-electron chi connectivity index (χ3n) is 3.90. The van der Waals surface area contributed by atoms with Crippen molar-refractivity contribution in [3.05, 3.63) is 24.0 Å². The first-order valence-corrected chi connectivity index (χ1v) is 8.54. The highest BCUT2D eigenvalue weighted by molar-refractivity contribution is 5.32. The van der Waals surface area contributed by atoms with E-state index in [1.165, 1.54) is 50.5 Å². The molecule has 0 saturated heterocycles. The number of methoxy groups -OCH3 is 1. The fourth-order valence-corrected chi connectivity index (χ4v) is 2.66. The van der Waals surface area contributed by atoms with E-state index in [1.807, 2.05) is 12.4 Å². The quantitative estimate of drug-likeness (QED) is 0.557. The molecule has 1 unspecified atom stereocenters. The lowest BCUT2D eigenvalue weighted by molar-refractivity contribution is 0.389. The van der Waals surface area contributed by atoms with Gasteiger partial charge in [-0.2, -0.15) is 0 Å². The summed E-state index contributed by atoms with van der Waals surface area (Å²) in [4.78, 5) is 4.16. The molecule has 1 N–H and O–H groups in total. The molecule has 1 heterocycles. The van der Waals surface area contributed by atoms with E-state index in [-0.39, 0.29) is 0 Å². The van der Waals surface area contributed by atoms with Crippen LogP contribution in [0.5, 0.6) is 5.75 Å². The van der Waals surface area contributed by atoms with Crippen LogP contribution in [0.15, 0.2) is 18.5 Å². The van der Waals surface area contributed by atoms with Crippen LogP contribution in [0, 0.1) is 0 Å². The van der Waals surface area contributed by atoms with E-state index < -0.39 is 0 Å². The van der Waals surface area contributed by atoms with Crippen LogP contribution in [0.2, 0.25) is 0 Å². The second kappa shape index (κ2) is 11.6. The second-order valence-electron chi connectivity index (χ2n) is 5.68. The van der Waals surface area contributed by atoms with Crippen LogP contribution in [-0.4, -0.2) is 18.6 Å². The van der Waals surface area contributed by atoms with Gasteiger partial charge in [0.15, 0.2) is 0 Å². The molecule has 21 heavy (non-hydrogen) atoms. The Kier molecular flexibility index (Phi) is 9.88. The molecular formula is C18H32N2O. The highest BCUT2D eigenvalue weighted by Crippen LogP contribution is 2.27. The Morgan fingerprint density at radius 2 is 1.86 bits per heavy atom. The highest BCUT2D eigenvalue weighted by Gasteiger charge is 2.14.